The zero-order valence-corrected chi connectivity index (χ0v) is 11.7. The van der Waals surface area contributed by atoms with Crippen LogP contribution in [0.1, 0.15) is 33.6 Å². The monoisotopic (exact) mass is 255 g/mol. The standard InChI is InChI=1S/C13H25N3O2/c1-12(2)9-18-7-6-16(12)8-13(3,11(14)17)15-10-4-5-10/h10,15H,4-9H2,1-3H3,(H2,14,17). The first-order valence-electron chi connectivity index (χ1n) is 6.74. The van der Waals surface area contributed by atoms with Crippen molar-refractivity contribution in [3.63, 3.8) is 0 Å². The summed E-state index contributed by atoms with van der Waals surface area (Å²) in [5.74, 6) is -0.267. The van der Waals surface area contributed by atoms with Gasteiger partial charge in [0, 0.05) is 24.7 Å². The molecule has 1 saturated carbocycles. The van der Waals surface area contributed by atoms with Crippen molar-refractivity contribution in [3.05, 3.63) is 0 Å². The Kier molecular flexibility index (Phi) is 3.67. The lowest BCUT2D eigenvalue weighted by molar-refractivity contribution is -0.127. The molecular formula is C13H25N3O2. The van der Waals surface area contributed by atoms with Gasteiger partial charge in [0.15, 0.2) is 0 Å². The molecule has 2 fully saturated rings. The van der Waals surface area contributed by atoms with Gasteiger partial charge in [0.05, 0.1) is 13.2 Å². The van der Waals surface area contributed by atoms with Crippen molar-refractivity contribution < 1.29 is 9.53 Å². The van der Waals surface area contributed by atoms with Gasteiger partial charge in [-0.25, -0.2) is 0 Å². The summed E-state index contributed by atoms with van der Waals surface area (Å²) in [6.07, 6.45) is 2.30. The lowest BCUT2D eigenvalue weighted by Gasteiger charge is -2.45. The fourth-order valence-electron chi connectivity index (χ4n) is 2.44. The number of nitrogens with zero attached hydrogens (tertiary/aromatic N) is 1. The number of morpholine rings is 1. The van der Waals surface area contributed by atoms with Crippen LogP contribution in [-0.4, -0.2) is 54.2 Å². The minimum absolute atomic E-state index is 0.0415. The van der Waals surface area contributed by atoms with Crippen LogP contribution in [0, 0.1) is 0 Å². The third-order valence-corrected chi connectivity index (χ3v) is 3.97. The second kappa shape index (κ2) is 4.79. The van der Waals surface area contributed by atoms with Crippen LogP contribution in [0.2, 0.25) is 0 Å². The topological polar surface area (TPSA) is 67.6 Å². The minimum Gasteiger partial charge on any atom is -0.378 e. The third-order valence-electron chi connectivity index (χ3n) is 3.97. The number of nitrogens with one attached hydrogen (secondary N) is 1. The Morgan fingerprint density at radius 3 is 2.72 bits per heavy atom. The first kappa shape index (κ1) is 13.8. The molecule has 5 heteroatoms. The molecule has 104 valence electrons. The largest absolute Gasteiger partial charge is 0.378 e. The highest BCUT2D eigenvalue weighted by Crippen LogP contribution is 2.26. The average molecular weight is 255 g/mol. The Bertz CT molecular complexity index is 328. The van der Waals surface area contributed by atoms with E-state index in [0.717, 1.165) is 26.0 Å². The number of ether oxygens (including phenoxy) is 1. The highest BCUT2D eigenvalue weighted by molar-refractivity contribution is 5.84. The van der Waals surface area contributed by atoms with Crippen LogP contribution in [0.5, 0.6) is 0 Å². The van der Waals surface area contributed by atoms with Crippen LogP contribution < -0.4 is 11.1 Å². The maximum atomic E-state index is 11.8. The van der Waals surface area contributed by atoms with Gasteiger partial charge < -0.3 is 10.5 Å². The molecule has 1 amide bonds. The van der Waals surface area contributed by atoms with Gasteiger partial charge in [-0.2, -0.15) is 0 Å². The summed E-state index contributed by atoms with van der Waals surface area (Å²) in [6, 6.07) is 0.464. The Hall–Kier alpha value is -0.650. The van der Waals surface area contributed by atoms with Crippen molar-refractivity contribution in [2.45, 2.75) is 50.7 Å². The molecule has 1 heterocycles. The van der Waals surface area contributed by atoms with E-state index in [1.54, 1.807) is 0 Å². The van der Waals surface area contributed by atoms with Crippen LogP contribution in [0.3, 0.4) is 0 Å². The fraction of sp³-hybridized carbons (Fsp3) is 0.923. The van der Waals surface area contributed by atoms with E-state index in [0.29, 0.717) is 19.2 Å². The Morgan fingerprint density at radius 2 is 2.22 bits per heavy atom. The second-order valence-electron chi connectivity index (χ2n) is 6.40. The molecule has 0 bridgehead atoms. The summed E-state index contributed by atoms with van der Waals surface area (Å²) in [5.41, 5.74) is 4.91. The van der Waals surface area contributed by atoms with Gasteiger partial charge in [0.2, 0.25) is 5.91 Å². The Balaban J connectivity index is 2.05. The molecule has 1 saturated heterocycles. The van der Waals surface area contributed by atoms with Crippen molar-refractivity contribution in [3.8, 4) is 0 Å². The molecule has 0 aromatic heterocycles. The molecule has 2 aliphatic rings. The Morgan fingerprint density at radius 1 is 1.56 bits per heavy atom. The van der Waals surface area contributed by atoms with Gasteiger partial charge in [-0.05, 0) is 33.6 Å². The highest BCUT2D eigenvalue weighted by atomic mass is 16.5. The third kappa shape index (κ3) is 3.02. The summed E-state index contributed by atoms with van der Waals surface area (Å²) in [5, 5.41) is 3.39. The van der Waals surface area contributed by atoms with Crippen molar-refractivity contribution in [2.75, 3.05) is 26.3 Å². The zero-order valence-electron chi connectivity index (χ0n) is 11.7. The van der Waals surface area contributed by atoms with Crippen LogP contribution in [0.15, 0.2) is 0 Å². The molecule has 1 unspecified atom stereocenters. The number of hydrogen-bond donors (Lipinski definition) is 2. The van der Waals surface area contributed by atoms with E-state index in [4.69, 9.17) is 10.5 Å². The van der Waals surface area contributed by atoms with Gasteiger partial charge in [-0.15, -0.1) is 0 Å². The number of hydrogen-bond acceptors (Lipinski definition) is 4. The van der Waals surface area contributed by atoms with Gasteiger partial charge in [-0.3, -0.25) is 15.0 Å². The van der Waals surface area contributed by atoms with Gasteiger partial charge in [0.1, 0.15) is 5.54 Å². The molecule has 1 aliphatic heterocycles. The SMILES string of the molecule is CC(CN1CCOCC1(C)C)(NC1CC1)C(N)=O. The normalized spacial score (nSPS) is 27.7. The number of carbonyl (C=O) groups excluding carboxylic acids is 1. The van der Waals surface area contributed by atoms with Gasteiger partial charge in [-0.1, -0.05) is 0 Å². The van der Waals surface area contributed by atoms with Gasteiger partial charge in [0.25, 0.3) is 0 Å². The summed E-state index contributed by atoms with van der Waals surface area (Å²) >= 11 is 0. The molecule has 2 rings (SSSR count). The lowest BCUT2D eigenvalue weighted by atomic mass is 9.95. The molecule has 0 radical (unpaired) electrons. The van der Waals surface area contributed by atoms with E-state index in [-0.39, 0.29) is 11.4 Å². The molecular weight excluding hydrogens is 230 g/mol. The maximum absolute atomic E-state index is 11.8. The number of primary amides is 1. The highest BCUT2D eigenvalue weighted by Gasteiger charge is 2.42. The van der Waals surface area contributed by atoms with E-state index in [2.05, 4.69) is 24.1 Å². The van der Waals surface area contributed by atoms with E-state index in [1.165, 1.54) is 0 Å². The smallest absolute Gasteiger partial charge is 0.238 e. The van der Waals surface area contributed by atoms with Crippen molar-refractivity contribution in [1.82, 2.24) is 10.2 Å². The zero-order chi connectivity index (χ0) is 13.4. The van der Waals surface area contributed by atoms with Crippen LogP contribution in [-0.2, 0) is 9.53 Å². The van der Waals surface area contributed by atoms with E-state index < -0.39 is 5.54 Å². The molecule has 5 nitrogen and oxygen atoms in total. The molecule has 3 N–H and O–H groups in total. The summed E-state index contributed by atoms with van der Waals surface area (Å²) in [6.45, 7) is 9.12. The molecule has 18 heavy (non-hydrogen) atoms. The lowest BCUT2D eigenvalue weighted by Crippen LogP contribution is -2.65. The summed E-state index contributed by atoms with van der Waals surface area (Å²) in [4.78, 5) is 14.1. The second-order valence-corrected chi connectivity index (χ2v) is 6.40. The first-order valence-corrected chi connectivity index (χ1v) is 6.74. The number of amides is 1. The number of carbonyl (C=O) groups is 1. The molecule has 1 aliphatic carbocycles. The minimum atomic E-state index is -0.643. The fourth-order valence-corrected chi connectivity index (χ4v) is 2.44. The number of rotatable bonds is 5. The Labute approximate surface area is 109 Å². The van der Waals surface area contributed by atoms with E-state index in [9.17, 15) is 4.79 Å². The molecule has 0 spiro atoms. The number of nitrogens with two attached hydrogens (primary N) is 1. The van der Waals surface area contributed by atoms with Crippen molar-refractivity contribution in [1.29, 1.82) is 0 Å². The molecule has 0 aromatic rings. The maximum Gasteiger partial charge on any atom is 0.238 e. The van der Waals surface area contributed by atoms with Crippen molar-refractivity contribution in [2.24, 2.45) is 5.73 Å². The quantitative estimate of drug-likeness (QED) is 0.731. The predicted molar refractivity (Wildman–Crippen MR) is 70.2 cm³/mol. The van der Waals surface area contributed by atoms with E-state index >= 15 is 0 Å². The van der Waals surface area contributed by atoms with Crippen molar-refractivity contribution >= 4 is 5.91 Å². The first-order chi connectivity index (χ1) is 8.33. The van der Waals surface area contributed by atoms with Gasteiger partial charge >= 0.3 is 0 Å². The van der Waals surface area contributed by atoms with Crippen LogP contribution >= 0.6 is 0 Å². The van der Waals surface area contributed by atoms with Crippen LogP contribution in [0.4, 0.5) is 0 Å². The van der Waals surface area contributed by atoms with E-state index in [1.807, 2.05) is 6.92 Å². The molecule has 0 aromatic carbocycles. The molecule has 1 atom stereocenters. The summed E-state index contributed by atoms with van der Waals surface area (Å²) < 4.78 is 5.51. The van der Waals surface area contributed by atoms with Crippen LogP contribution in [0.25, 0.3) is 0 Å². The summed E-state index contributed by atoms with van der Waals surface area (Å²) in [7, 11) is 0. The average Bonchev–Trinajstić information content (AvgIpc) is 3.04. The predicted octanol–water partition coefficient (Wildman–Crippen LogP) is 0.0932.